The molecule has 0 saturated heterocycles. The van der Waals surface area contributed by atoms with E-state index < -0.39 is 0 Å². The van der Waals surface area contributed by atoms with Crippen molar-refractivity contribution in [2.75, 3.05) is 18.5 Å². The van der Waals surface area contributed by atoms with Crippen LogP contribution in [0.1, 0.15) is 24.6 Å². The van der Waals surface area contributed by atoms with Crippen LogP contribution in [-0.4, -0.2) is 35.2 Å². The van der Waals surface area contributed by atoms with Crippen LogP contribution in [0.2, 0.25) is 0 Å². The van der Waals surface area contributed by atoms with Crippen LogP contribution in [0.5, 0.6) is 5.75 Å². The molecular weight excluding hydrogens is 320 g/mol. The van der Waals surface area contributed by atoms with Crippen LogP contribution >= 0.6 is 0 Å². The second-order valence-corrected chi connectivity index (χ2v) is 6.04. The number of benzene rings is 1. The number of hydrogen-bond donors (Lipinski definition) is 3. The second kappa shape index (κ2) is 7.83. The lowest BCUT2D eigenvalue weighted by atomic mass is 9.87. The van der Waals surface area contributed by atoms with Crippen molar-refractivity contribution in [2.24, 2.45) is 5.92 Å². The molecule has 0 radical (unpaired) electrons. The minimum atomic E-state index is -0.252. The SMILES string of the molecule is CCOc1ccc(NC(=O)CNC(=O)[C@@H]2CCc3[nH]ncc3C2)cc1. The van der Waals surface area contributed by atoms with Crippen molar-refractivity contribution >= 4 is 17.5 Å². The van der Waals surface area contributed by atoms with Gasteiger partial charge in [-0.15, -0.1) is 0 Å². The molecule has 3 N–H and O–H groups in total. The third kappa shape index (κ3) is 4.37. The van der Waals surface area contributed by atoms with Crippen molar-refractivity contribution in [3.05, 3.63) is 41.7 Å². The van der Waals surface area contributed by atoms with E-state index in [-0.39, 0.29) is 24.3 Å². The maximum absolute atomic E-state index is 12.3. The van der Waals surface area contributed by atoms with E-state index >= 15 is 0 Å². The summed E-state index contributed by atoms with van der Waals surface area (Å²) in [5.41, 5.74) is 2.87. The number of carbonyl (C=O) groups excluding carboxylic acids is 2. The standard InChI is InChI=1S/C18H22N4O3/c1-2-25-15-6-4-14(5-7-15)21-17(23)11-19-18(24)12-3-8-16-13(9-12)10-20-22-16/h4-7,10,12H,2-3,8-9,11H2,1H3,(H,19,24)(H,20,22)(H,21,23)/t12-/m1/s1. The molecule has 0 bridgehead atoms. The minimum Gasteiger partial charge on any atom is -0.494 e. The molecule has 7 heteroatoms. The van der Waals surface area contributed by atoms with Gasteiger partial charge in [0.25, 0.3) is 0 Å². The Morgan fingerprint density at radius 2 is 2.12 bits per heavy atom. The monoisotopic (exact) mass is 342 g/mol. The fourth-order valence-corrected chi connectivity index (χ4v) is 2.96. The summed E-state index contributed by atoms with van der Waals surface area (Å²) in [5.74, 6) is 0.305. The number of nitrogens with one attached hydrogen (secondary N) is 3. The number of nitrogens with zero attached hydrogens (tertiary/aromatic N) is 1. The molecule has 1 aromatic carbocycles. The Bertz CT molecular complexity index is 739. The van der Waals surface area contributed by atoms with Gasteiger partial charge in [-0.05, 0) is 56.0 Å². The Balaban J connectivity index is 1.45. The molecule has 0 unspecified atom stereocenters. The number of rotatable bonds is 6. The van der Waals surface area contributed by atoms with Crippen LogP contribution in [0, 0.1) is 5.92 Å². The average molecular weight is 342 g/mol. The van der Waals surface area contributed by atoms with Crippen molar-refractivity contribution in [1.29, 1.82) is 0 Å². The Hall–Kier alpha value is -2.83. The number of anilines is 1. The summed E-state index contributed by atoms with van der Waals surface area (Å²) in [6.45, 7) is 2.47. The largest absolute Gasteiger partial charge is 0.494 e. The molecule has 1 aliphatic carbocycles. The first-order chi connectivity index (χ1) is 12.2. The maximum atomic E-state index is 12.3. The van der Waals surface area contributed by atoms with Crippen molar-refractivity contribution in [1.82, 2.24) is 15.5 Å². The maximum Gasteiger partial charge on any atom is 0.243 e. The lowest BCUT2D eigenvalue weighted by Gasteiger charge is -2.20. The third-order valence-electron chi connectivity index (χ3n) is 4.26. The van der Waals surface area contributed by atoms with E-state index in [0.29, 0.717) is 18.7 Å². The van der Waals surface area contributed by atoms with Crippen LogP contribution in [0.4, 0.5) is 5.69 Å². The summed E-state index contributed by atoms with van der Waals surface area (Å²) < 4.78 is 5.35. The lowest BCUT2D eigenvalue weighted by molar-refractivity contribution is -0.127. The molecule has 25 heavy (non-hydrogen) atoms. The molecule has 7 nitrogen and oxygen atoms in total. The molecule has 1 heterocycles. The van der Waals surface area contributed by atoms with Crippen molar-refractivity contribution in [3.8, 4) is 5.75 Å². The van der Waals surface area contributed by atoms with Crippen LogP contribution in [-0.2, 0) is 22.4 Å². The van der Waals surface area contributed by atoms with Gasteiger partial charge in [0.05, 0.1) is 19.3 Å². The van der Waals surface area contributed by atoms with Gasteiger partial charge in [0, 0.05) is 17.3 Å². The van der Waals surface area contributed by atoms with Gasteiger partial charge in [-0.25, -0.2) is 0 Å². The van der Waals surface area contributed by atoms with Crippen molar-refractivity contribution < 1.29 is 14.3 Å². The van der Waals surface area contributed by atoms with Gasteiger partial charge in [0.2, 0.25) is 11.8 Å². The summed E-state index contributed by atoms with van der Waals surface area (Å²) in [5, 5.41) is 12.4. The van der Waals surface area contributed by atoms with Gasteiger partial charge in [-0.3, -0.25) is 14.7 Å². The molecular formula is C18H22N4O3. The smallest absolute Gasteiger partial charge is 0.243 e. The van der Waals surface area contributed by atoms with Gasteiger partial charge in [0.15, 0.2) is 0 Å². The quantitative estimate of drug-likeness (QED) is 0.744. The molecule has 0 aliphatic heterocycles. The average Bonchev–Trinajstić information content (AvgIpc) is 3.09. The topological polar surface area (TPSA) is 96.1 Å². The van der Waals surface area contributed by atoms with Gasteiger partial charge in [-0.2, -0.15) is 5.10 Å². The second-order valence-electron chi connectivity index (χ2n) is 6.04. The van der Waals surface area contributed by atoms with Crippen LogP contribution in [0.15, 0.2) is 30.5 Å². The Labute approximate surface area is 146 Å². The van der Waals surface area contributed by atoms with Gasteiger partial charge in [-0.1, -0.05) is 0 Å². The number of H-pyrrole nitrogens is 1. The molecule has 0 saturated carbocycles. The highest BCUT2D eigenvalue weighted by Crippen LogP contribution is 2.23. The predicted molar refractivity (Wildman–Crippen MR) is 93.4 cm³/mol. The minimum absolute atomic E-state index is 0.0409. The zero-order valence-electron chi connectivity index (χ0n) is 14.2. The highest BCUT2D eigenvalue weighted by Gasteiger charge is 2.25. The summed E-state index contributed by atoms with van der Waals surface area (Å²) in [6, 6.07) is 7.13. The normalized spacial score (nSPS) is 16.0. The summed E-state index contributed by atoms with van der Waals surface area (Å²) >= 11 is 0. The number of ether oxygens (including phenoxy) is 1. The zero-order chi connectivity index (χ0) is 17.6. The number of aromatic amines is 1. The van der Waals surface area contributed by atoms with E-state index in [0.717, 1.165) is 29.8 Å². The number of aromatic nitrogens is 2. The first-order valence-electron chi connectivity index (χ1n) is 8.47. The molecule has 0 spiro atoms. The summed E-state index contributed by atoms with van der Waals surface area (Å²) in [7, 11) is 0. The highest BCUT2D eigenvalue weighted by molar-refractivity contribution is 5.94. The first-order valence-corrected chi connectivity index (χ1v) is 8.47. The molecule has 1 atom stereocenters. The predicted octanol–water partition coefficient (Wildman–Crippen LogP) is 1.67. The number of fused-ring (bicyclic) bond motifs is 1. The van der Waals surface area contributed by atoms with Crippen molar-refractivity contribution in [3.63, 3.8) is 0 Å². The zero-order valence-corrected chi connectivity index (χ0v) is 14.2. The lowest BCUT2D eigenvalue weighted by Crippen LogP contribution is -2.38. The van der Waals surface area contributed by atoms with E-state index in [2.05, 4.69) is 20.8 Å². The van der Waals surface area contributed by atoms with Gasteiger partial charge >= 0.3 is 0 Å². The third-order valence-corrected chi connectivity index (χ3v) is 4.26. The fraction of sp³-hybridized carbons (Fsp3) is 0.389. The van der Waals surface area contributed by atoms with E-state index in [4.69, 9.17) is 4.74 Å². The Morgan fingerprint density at radius 1 is 1.32 bits per heavy atom. The molecule has 132 valence electrons. The number of amides is 2. The van der Waals surface area contributed by atoms with Gasteiger partial charge in [0.1, 0.15) is 5.75 Å². The first kappa shape index (κ1) is 17.0. The Morgan fingerprint density at radius 3 is 2.88 bits per heavy atom. The van der Waals surface area contributed by atoms with E-state index in [1.165, 1.54) is 0 Å². The highest BCUT2D eigenvalue weighted by atomic mass is 16.5. The van der Waals surface area contributed by atoms with E-state index in [9.17, 15) is 9.59 Å². The van der Waals surface area contributed by atoms with E-state index in [1.807, 2.05) is 6.92 Å². The molecule has 2 aromatic rings. The van der Waals surface area contributed by atoms with Gasteiger partial charge < -0.3 is 15.4 Å². The molecule has 0 fully saturated rings. The van der Waals surface area contributed by atoms with Crippen LogP contribution in [0.25, 0.3) is 0 Å². The summed E-state index contributed by atoms with van der Waals surface area (Å²) in [6.07, 6.45) is 4.01. The fourth-order valence-electron chi connectivity index (χ4n) is 2.96. The summed E-state index contributed by atoms with van der Waals surface area (Å²) in [4.78, 5) is 24.3. The van der Waals surface area contributed by atoms with Crippen LogP contribution in [0.3, 0.4) is 0 Å². The van der Waals surface area contributed by atoms with E-state index in [1.54, 1.807) is 30.5 Å². The Kier molecular flexibility index (Phi) is 5.33. The molecule has 1 aliphatic rings. The number of aryl methyl sites for hydroxylation is 1. The molecule has 3 rings (SSSR count). The van der Waals surface area contributed by atoms with Crippen molar-refractivity contribution in [2.45, 2.75) is 26.2 Å². The molecule has 2 amide bonds. The van der Waals surface area contributed by atoms with Crippen LogP contribution < -0.4 is 15.4 Å². The number of carbonyl (C=O) groups is 2. The molecule has 1 aromatic heterocycles. The number of hydrogen-bond acceptors (Lipinski definition) is 4.